The fraction of sp³-hybridized carbons (Fsp3) is 0.214. The SMILES string of the molecule is O=C(NCc1cccs1)NC[C@H](O)c1ccc(Cl)c(F)c1. The van der Waals surface area contributed by atoms with Gasteiger partial charge in [-0.3, -0.25) is 0 Å². The first kappa shape index (κ1) is 15.8. The Bertz CT molecular complexity index is 607. The Balaban J connectivity index is 1.78. The van der Waals surface area contributed by atoms with Crippen molar-refractivity contribution >= 4 is 29.0 Å². The molecule has 2 amide bonds. The van der Waals surface area contributed by atoms with Crippen LogP contribution >= 0.6 is 22.9 Å². The summed E-state index contributed by atoms with van der Waals surface area (Å²) < 4.78 is 13.3. The summed E-state index contributed by atoms with van der Waals surface area (Å²) >= 11 is 7.11. The molecule has 0 saturated heterocycles. The van der Waals surface area contributed by atoms with Crippen LogP contribution < -0.4 is 10.6 Å². The summed E-state index contributed by atoms with van der Waals surface area (Å²) in [5.41, 5.74) is 0.357. The molecule has 0 radical (unpaired) electrons. The smallest absolute Gasteiger partial charge is 0.315 e. The third-order valence-electron chi connectivity index (χ3n) is 2.79. The summed E-state index contributed by atoms with van der Waals surface area (Å²) in [6.07, 6.45) is -0.996. The number of urea groups is 1. The molecule has 4 nitrogen and oxygen atoms in total. The molecule has 0 fully saturated rings. The molecule has 0 aliphatic carbocycles. The van der Waals surface area contributed by atoms with E-state index in [1.807, 2.05) is 17.5 Å². The van der Waals surface area contributed by atoms with Crippen molar-refractivity contribution in [2.75, 3.05) is 6.54 Å². The highest BCUT2D eigenvalue weighted by Gasteiger charge is 2.11. The van der Waals surface area contributed by atoms with E-state index >= 15 is 0 Å². The number of rotatable bonds is 5. The molecule has 0 saturated carbocycles. The second-order valence-electron chi connectivity index (χ2n) is 4.33. The van der Waals surface area contributed by atoms with E-state index in [1.54, 1.807) is 11.3 Å². The van der Waals surface area contributed by atoms with E-state index in [0.29, 0.717) is 12.1 Å². The molecule has 2 aromatic rings. The lowest BCUT2D eigenvalue weighted by Crippen LogP contribution is -2.37. The Morgan fingerprint density at radius 1 is 1.38 bits per heavy atom. The van der Waals surface area contributed by atoms with Gasteiger partial charge in [-0.2, -0.15) is 0 Å². The van der Waals surface area contributed by atoms with Gasteiger partial charge in [0.25, 0.3) is 0 Å². The van der Waals surface area contributed by atoms with Gasteiger partial charge in [0.1, 0.15) is 5.82 Å². The summed E-state index contributed by atoms with van der Waals surface area (Å²) in [5.74, 6) is -0.602. The van der Waals surface area contributed by atoms with Crippen LogP contribution in [-0.2, 0) is 6.54 Å². The van der Waals surface area contributed by atoms with Gasteiger partial charge in [0.05, 0.1) is 17.7 Å². The molecule has 1 aromatic carbocycles. The summed E-state index contributed by atoms with van der Waals surface area (Å²) in [7, 11) is 0. The molecule has 0 bridgehead atoms. The van der Waals surface area contributed by atoms with E-state index in [0.717, 1.165) is 10.9 Å². The minimum Gasteiger partial charge on any atom is -0.387 e. The lowest BCUT2D eigenvalue weighted by atomic mass is 10.1. The van der Waals surface area contributed by atoms with Crippen molar-refractivity contribution < 1.29 is 14.3 Å². The average Bonchev–Trinajstić information content (AvgIpc) is 2.98. The van der Waals surface area contributed by atoms with Gasteiger partial charge in [-0.05, 0) is 29.1 Å². The summed E-state index contributed by atoms with van der Waals surface area (Å²) in [4.78, 5) is 12.6. The number of aliphatic hydroxyl groups excluding tert-OH is 1. The molecule has 21 heavy (non-hydrogen) atoms. The summed E-state index contributed by atoms with van der Waals surface area (Å²) in [6.45, 7) is 0.409. The monoisotopic (exact) mass is 328 g/mol. The number of nitrogens with one attached hydrogen (secondary N) is 2. The van der Waals surface area contributed by atoms with Gasteiger partial charge in [-0.15, -0.1) is 11.3 Å². The molecular weight excluding hydrogens is 315 g/mol. The van der Waals surface area contributed by atoms with E-state index < -0.39 is 18.0 Å². The Labute approximate surface area is 130 Å². The third-order valence-corrected chi connectivity index (χ3v) is 3.97. The zero-order chi connectivity index (χ0) is 15.2. The molecular formula is C14H14ClFN2O2S. The second-order valence-corrected chi connectivity index (χ2v) is 5.77. The van der Waals surface area contributed by atoms with E-state index in [9.17, 15) is 14.3 Å². The van der Waals surface area contributed by atoms with Crippen LogP contribution in [0.2, 0.25) is 5.02 Å². The zero-order valence-corrected chi connectivity index (χ0v) is 12.5. The van der Waals surface area contributed by atoms with Gasteiger partial charge in [0.2, 0.25) is 0 Å². The number of thiophene rings is 1. The first-order valence-electron chi connectivity index (χ1n) is 6.23. The van der Waals surface area contributed by atoms with Gasteiger partial charge in [-0.1, -0.05) is 23.7 Å². The standard InChI is InChI=1S/C14H14ClFN2O2S/c15-11-4-3-9(6-12(11)16)13(19)8-18-14(20)17-7-10-2-1-5-21-10/h1-6,13,19H,7-8H2,(H2,17,18,20)/t13-/m0/s1. The molecule has 0 spiro atoms. The molecule has 1 atom stereocenters. The maximum Gasteiger partial charge on any atom is 0.315 e. The van der Waals surface area contributed by atoms with Crippen LogP contribution in [0.25, 0.3) is 0 Å². The average molecular weight is 329 g/mol. The van der Waals surface area contributed by atoms with Crippen LogP contribution in [0.4, 0.5) is 9.18 Å². The molecule has 2 rings (SSSR count). The Morgan fingerprint density at radius 3 is 2.86 bits per heavy atom. The Kier molecular flexibility index (Phi) is 5.55. The largest absolute Gasteiger partial charge is 0.387 e. The van der Waals surface area contributed by atoms with Crippen molar-refractivity contribution in [3.63, 3.8) is 0 Å². The molecule has 0 unspecified atom stereocenters. The topological polar surface area (TPSA) is 61.4 Å². The van der Waals surface area contributed by atoms with Crippen LogP contribution in [-0.4, -0.2) is 17.7 Å². The predicted molar refractivity (Wildman–Crippen MR) is 80.9 cm³/mol. The number of hydrogen-bond donors (Lipinski definition) is 3. The molecule has 0 aliphatic rings. The highest BCUT2D eigenvalue weighted by molar-refractivity contribution is 7.09. The van der Waals surface area contributed by atoms with Gasteiger partial charge in [0.15, 0.2) is 0 Å². The zero-order valence-electron chi connectivity index (χ0n) is 11.0. The molecule has 1 aromatic heterocycles. The van der Waals surface area contributed by atoms with Crippen LogP contribution in [0.5, 0.6) is 0 Å². The van der Waals surface area contributed by atoms with Gasteiger partial charge >= 0.3 is 6.03 Å². The Hall–Kier alpha value is -1.63. The van der Waals surface area contributed by atoms with Gasteiger partial charge in [0, 0.05) is 11.4 Å². The highest BCUT2D eigenvalue weighted by atomic mass is 35.5. The molecule has 1 heterocycles. The van der Waals surface area contributed by atoms with E-state index in [2.05, 4.69) is 10.6 Å². The van der Waals surface area contributed by atoms with Crippen LogP contribution in [0.15, 0.2) is 35.7 Å². The van der Waals surface area contributed by atoms with E-state index in [1.165, 1.54) is 12.1 Å². The van der Waals surface area contributed by atoms with E-state index in [-0.39, 0.29) is 11.6 Å². The number of halogens is 2. The van der Waals surface area contributed by atoms with Crippen molar-refractivity contribution in [1.82, 2.24) is 10.6 Å². The first-order valence-corrected chi connectivity index (χ1v) is 7.49. The summed E-state index contributed by atoms with van der Waals surface area (Å²) in [5, 5.41) is 17.0. The van der Waals surface area contributed by atoms with Crippen LogP contribution in [0.1, 0.15) is 16.5 Å². The van der Waals surface area contributed by atoms with Gasteiger partial charge < -0.3 is 15.7 Å². The minimum atomic E-state index is -0.996. The predicted octanol–water partition coefficient (Wildman–Crippen LogP) is 3.07. The molecule has 0 aliphatic heterocycles. The number of aliphatic hydroxyl groups is 1. The normalized spacial score (nSPS) is 12.0. The van der Waals surface area contributed by atoms with E-state index in [4.69, 9.17) is 11.6 Å². The fourth-order valence-corrected chi connectivity index (χ4v) is 2.43. The number of benzene rings is 1. The van der Waals surface area contributed by atoms with Crippen molar-refractivity contribution in [2.24, 2.45) is 0 Å². The summed E-state index contributed by atoms with van der Waals surface area (Å²) in [6, 6.07) is 7.46. The third kappa shape index (κ3) is 4.70. The van der Waals surface area contributed by atoms with Crippen molar-refractivity contribution in [1.29, 1.82) is 0 Å². The van der Waals surface area contributed by atoms with Crippen molar-refractivity contribution in [3.8, 4) is 0 Å². The highest BCUT2D eigenvalue weighted by Crippen LogP contribution is 2.19. The maximum absolute atomic E-state index is 13.3. The maximum atomic E-state index is 13.3. The fourth-order valence-electron chi connectivity index (χ4n) is 1.67. The van der Waals surface area contributed by atoms with Gasteiger partial charge in [-0.25, -0.2) is 9.18 Å². The number of carbonyl (C=O) groups excluding carboxylic acids is 1. The van der Waals surface area contributed by atoms with Crippen LogP contribution in [0.3, 0.4) is 0 Å². The lowest BCUT2D eigenvalue weighted by Gasteiger charge is -2.13. The second kappa shape index (κ2) is 7.40. The minimum absolute atomic E-state index is 0.00685. The van der Waals surface area contributed by atoms with Crippen molar-refractivity contribution in [3.05, 3.63) is 57.0 Å². The number of hydrogen-bond acceptors (Lipinski definition) is 3. The molecule has 7 heteroatoms. The first-order chi connectivity index (χ1) is 10.1. The van der Waals surface area contributed by atoms with Crippen molar-refractivity contribution in [2.45, 2.75) is 12.6 Å². The quantitative estimate of drug-likeness (QED) is 0.790. The number of carbonyl (C=O) groups is 1. The lowest BCUT2D eigenvalue weighted by molar-refractivity contribution is 0.172. The molecule has 112 valence electrons. The molecule has 3 N–H and O–H groups in total. The number of amides is 2. The Morgan fingerprint density at radius 2 is 2.19 bits per heavy atom. The van der Waals surface area contributed by atoms with Crippen LogP contribution in [0, 0.1) is 5.82 Å².